The lowest BCUT2D eigenvalue weighted by Gasteiger charge is -2.32. The maximum atomic E-state index is 13.4. The second kappa shape index (κ2) is 7.90. The Bertz CT molecular complexity index is 1200. The van der Waals surface area contributed by atoms with Gasteiger partial charge in [-0.1, -0.05) is 11.3 Å². The van der Waals surface area contributed by atoms with E-state index in [2.05, 4.69) is 30.7 Å². The van der Waals surface area contributed by atoms with Crippen molar-refractivity contribution >= 4 is 38.2 Å². The van der Waals surface area contributed by atoms with Crippen LogP contribution in [0.5, 0.6) is 0 Å². The molecule has 1 fully saturated rings. The van der Waals surface area contributed by atoms with E-state index in [0.29, 0.717) is 6.54 Å². The number of amides is 1. The van der Waals surface area contributed by atoms with E-state index in [1.807, 2.05) is 0 Å². The third kappa shape index (κ3) is 3.88. The van der Waals surface area contributed by atoms with Gasteiger partial charge >= 0.3 is 0 Å². The fourth-order valence-corrected chi connectivity index (χ4v) is 5.73. The number of carbonyl (C=O) groups is 1. The number of thiazole rings is 1. The molecule has 160 valence electrons. The van der Waals surface area contributed by atoms with Gasteiger partial charge in [0.15, 0.2) is 9.34 Å². The number of alkyl halides is 2. The van der Waals surface area contributed by atoms with Crippen molar-refractivity contribution in [2.75, 3.05) is 25.0 Å². The smallest absolute Gasteiger partial charge is 0.280 e. The van der Waals surface area contributed by atoms with E-state index >= 15 is 0 Å². The molecule has 15 heteroatoms. The highest BCUT2D eigenvalue weighted by atomic mass is 32.2. The standard InChI is InChI=1S/C15H16F2N8O3S2/c1-8(26)22-15-19-5-12(29-15)30(27,28)24-3-2-18-10(6-24)9-4-11(13(16)17)25-14(23-9)20-7-21-25/h4-5,7,10,13,18H,2-3,6H2,1H3,(H,19,22,26). The fraction of sp³-hybridized carbons (Fsp3) is 0.400. The monoisotopic (exact) mass is 458 g/mol. The maximum Gasteiger partial charge on any atom is 0.280 e. The van der Waals surface area contributed by atoms with Crippen LogP contribution in [0.25, 0.3) is 5.78 Å². The molecule has 4 heterocycles. The summed E-state index contributed by atoms with van der Waals surface area (Å²) in [5, 5.41) is 9.46. The Morgan fingerprint density at radius 1 is 1.40 bits per heavy atom. The van der Waals surface area contributed by atoms with E-state index in [-0.39, 0.29) is 45.5 Å². The summed E-state index contributed by atoms with van der Waals surface area (Å²) in [6, 6.07) is 0.581. The van der Waals surface area contributed by atoms with Gasteiger partial charge < -0.3 is 10.6 Å². The van der Waals surface area contributed by atoms with Crippen LogP contribution in [0.3, 0.4) is 0 Å². The van der Waals surface area contributed by atoms with E-state index in [4.69, 9.17) is 0 Å². The number of nitrogens with zero attached hydrogens (tertiary/aromatic N) is 6. The predicted molar refractivity (Wildman–Crippen MR) is 102 cm³/mol. The van der Waals surface area contributed by atoms with Crippen molar-refractivity contribution in [3.63, 3.8) is 0 Å². The van der Waals surface area contributed by atoms with Gasteiger partial charge in [-0.05, 0) is 6.07 Å². The molecule has 3 aromatic rings. The van der Waals surface area contributed by atoms with Crippen molar-refractivity contribution in [2.24, 2.45) is 0 Å². The van der Waals surface area contributed by atoms with E-state index in [9.17, 15) is 22.0 Å². The zero-order valence-corrected chi connectivity index (χ0v) is 17.1. The molecule has 0 saturated carbocycles. The molecule has 0 spiro atoms. The summed E-state index contributed by atoms with van der Waals surface area (Å²) in [5.41, 5.74) is -0.134. The third-order valence-electron chi connectivity index (χ3n) is 4.38. The molecule has 2 N–H and O–H groups in total. The highest BCUT2D eigenvalue weighted by molar-refractivity contribution is 7.91. The first-order valence-corrected chi connectivity index (χ1v) is 11.0. The minimum atomic E-state index is -3.89. The molecule has 30 heavy (non-hydrogen) atoms. The molecular weight excluding hydrogens is 442 g/mol. The molecule has 0 bridgehead atoms. The normalized spacial score (nSPS) is 18.2. The average Bonchev–Trinajstić information content (AvgIpc) is 3.36. The topological polar surface area (TPSA) is 134 Å². The minimum Gasteiger partial charge on any atom is -0.306 e. The highest BCUT2D eigenvalue weighted by Crippen LogP contribution is 2.29. The summed E-state index contributed by atoms with van der Waals surface area (Å²) in [7, 11) is -3.89. The lowest BCUT2D eigenvalue weighted by molar-refractivity contribution is -0.114. The first-order valence-electron chi connectivity index (χ1n) is 8.71. The Balaban J connectivity index is 1.61. The van der Waals surface area contributed by atoms with E-state index in [0.717, 1.165) is 22.2 Å². The highest BCUT2D eigenvalue weighted by Gasteiger charge is 2.33. The molecule has 1 aliphatic heterocycles. The van der Waals surface area contributed by atoms with Gasteiger partial charge in [-0.2, -0.15) is 18.9 Å². The number of hydrogen-bond acceptors (Lipinski definition) is 9. The van der Waals surface area contributed by atoms with Crippen molar-refractivity contribution in [2.45, 2.75) is 23.6 Å². The molecule has 1 saturated heterocycles. The van der Waals surface area contributed by atoms with Crippen LogP contribution < -0.4 is 10.6 Å². The summed E-state index contributed by atoms with van der Waals surface area (Å²) in [6.07, 6.45) is -0.499. The lowest BCUT2D eigenvalue weighted by atomic mass is 10.1. The number of piperazine rings is 1. The fourth-order valence-electron chi connectivity index (χ4n) is 3.04. The maximum absolute atomic E-state index is 13.4. The first-order chi connectivity index (χ1) is 14.3. The van der Waals surface area contributed by atoms with Crippen LogP contribution in [-0.2, 0) is 14.8 Å². The zero-order chi connectivity index (χ0) is 21.5. The summed E-state index contributed by atoms with van der Waals surface area (Å²) in [4.78, 5) is 23.2. The second-order valence-corrected chi connectivity index (χ2v) is 9.61. The van der Waals surface area contributed by atoms with Gasteiger partial charge in [-0.15, -0.1) is 0 Å². The molecule has 1 amide bonds. The third-order valence-corrected chi connectivity index (χ3v) is 7.59. The summed E-state index contributed by atoms with van der Waals surface area (Å²) in [5.74, 6) is -0.354. The van der Waals surface area contributed by atoms with Crippen LogP contribution >= 0.6 is 11.3 Å². The number of hydrogen-bond donors (Lipinski definition) is 2. The molecule has 4 rings (SSSR count). The van der Waals surface area contributed by atoms with Crippen molar-refractivity contribution in [1.82, 2.24) is 34.2 Å². The number of fused-ring (bicyclic) bond motifs is 1. The molecule has 3 aromatic heterocycles. The number of nitrogens with one attached hydrogen (secondary N) is 2. The van der Waals surface area contributed by atoms with Gasteiger partial charge in [-0.3, -0.25) is 4.79 Å². The summed E-state index contributed by atoms with van der Waals surface area (Å²) in [6.45, 7) is 1.75. The minimum absolute atomic E-state index is 0.00647. The molecule has 0 aromatic carbocycles. The zero-order valence-electron chi connectivity index (χ0n) is 15.5. The summed E-state index contributed by atoms with van der Waals surface area (Å²) >= 11 is 0.839. The second-order valence-electron chi connectivity index (χ2n) is 6.41. The largest absolute Gasteiger partial charge is 0.306 e. The van der Waals surface area contributed by atoms with Gasteiger partial charge in [0.2, 0.25) is 5.91 Å². The Morgan fingerprint density at radius 3 is 2.93 bits per heavy atom. The molecule has 1 atom stereocenters. The number of rotatable bonds is 5. The van der Waals surface area contributed by atoms with Gasteiger partial charge in [0.05, 0.1) is 17.9 Å². The predicted octanol–water partition coefficient (Wildman–Crippen LogP) is 0.812. The van der Waals surface area contributed by atoms with E-state index in [1.165, 1.54) is 23.5 Å². The van der Waals surface area contributed by atoms with Crippen molar-refractivity contribution < 1.29 is 22.0 Å². The van der Waals surface area contributed by atoms with Gasteiger partial charge in [-0.25, -0.2) is 27.2 Å². The average molecular weight is 458 g/mol. The summed E-state index contributed by atoms with van der Waals surface area (Å²) < 4.78 is 55.0. The van der Waals surface area contributed by atoms with Crippen molar-refractivity contribution in [3.05, 3.63) is 30.0 Å². The molecule has 11 nitrogen and oxygen atoms in total. The van der Waals surface area contributed by atoms with Gasteiger partial charge in [0, 0.05) is 26.6 Å². The Hall–Kier alpha value is -2.62. The number of aromatic nitrogens is 5. The Labute approximate surface area is 173 Å². The quantitative estimate of drug-likeness (QED) is 0.574. The Kier molecular flexibility index (Phi) is 5.44. The number of halogens is 2. The number of anilines is 1. The van der Waals surface area contributed by atoms with Gasteiger partial charge in [0.25, 0.3) is 22.2 Å². The van der Waals surface area contributed by atoms with Crippen LogP contribution in [0.1, 0.15) is 30.8 Å². The van der Waals surface area contributed by atoms with Crippen LogP contribution in [0.15, 0.2) is 22.8 Å². The van der Waals surface area contributed by atoms with Crippen LogP contribution in [0, 0.1) is 0 Å². The van der Waals surface area contributed by atoms with Crippen LogP contribution in [0.2, 0.25) is 0 Å². The van der Waals surface area contributed by atoms with Crippen LogP contribution in [0.4, 0.5) is 13.9 Å². The lowest BCUT2D eigenvalue weighted by Crippen LogP contribution is -2.48. The molecule has 0 radical (unpaired) electrons. The number of sulfonamides is 1. The van der Waals surface area contributed by atoms with E-state index in [1.54, 1.807) is 0 Å². The SMILES string of the molecule is CC(=O)Nc1ncc(S(=O)(=O)N2CCNC(c3cc(C(F)F)n4ncnc4n3)C2)s1. The first kappa shape index (κ1) is 20.6. The molecule has 1 aliphatic rings. The van der Waals surface area contributed by atoms with Gasteiger partial charge in [0.1, 0.15) is 12.0 Å². The van der Waals surface area contributed by atoms with Crippen molar-refractivity contribution in [1.29, 1.82) is 0 Å². The molecular formula is C15H16F2N8O3S2. The van der Waals surface area contributed by atoms with E-state index < -0.39 is 22.5 Å². The van der Waals surface area contributed by atoms with Crippen LogP contribution in [-0.4, -0.2) is 62.8 Å². The molecule has 0 aliphatic carbocycles. The molecule has 1 unspecified atom stereocenters. The Morgan fingerprint density at radius 2 is 2.20 bits per heavy atom. The number of carbonyl (C=O) groups excluding carboxylic acids is 1. The van der Waals surface area contributed by atoms with Crippen molar-refractivity contribution in [3.8, 4) is 0 Å².